The molecule has 2 fully saturated rings. The van der Waals surface area contributed by atoms with Crippen LogP contribution in [0.3, 0.4) is 0 Å². The van der Waals surface area contributed by atoms with Crippen LogP contribution in [0.2, 0.25) is 0 Å². The Balaban J connectivity index is 1.64. The van der Waals surface area contributed by atoms with Gasteiger partial charge >= 0.3 is 0 Å². The Morgan fingerprint density at radius 1 is 1.21 bits per heavy atom. The average molecular weight is 262 g/mol. The standard InChI is InChI=1S/C15H22N2O2/c1-2-11-18-15(6-1)19-14-5-3-4-13(12-14)17-9-7-16-8-10-17/h3-5,12,15-16H,1-2,6-11H2. The number of piperazine rings is 1. The molecule has 1 aromatic carbocycles. The van der Waals surface area contributed by atoms with E-state index in [9.17, 15) is 0 Å². The first-order valence-electron chi connectivity index (χ1n) is 7.26. The van der Waals surface area contributed by atoms with Crippen LogP contribution in [0.5, 0.6) is 5.75 Å². The zero-order valence-corrected chi connectivity index (χ0v) is 11.3. The summed E-state index contributed by atoms with van der Waals surface area (Å²) in [6.45, 7) is 5.04. The van der Waals surface area contributed by atoms with Crippen molar-refractivity contribution in [2.75, 3.05) is 37.7 Å². The van der Waals surface area contributed by atoms with E-state index in [0.29, 0.717) is 0 Å². The Morgan fingerprint density at radius 2 is 2.11 bits per heavy atom. The van der Waals surface area contributed by atoms with Crippen molar-refractivity contribution < 1.29 is 9.47 Å². The Hall–Kier alpha value is -1.26. The number of hydrogen-bond donors (Lipinski definition) is 1. The summed E-state index contributed by atoms with van der Waals surface area (Å²) in [4.78, 5) is 2.39. The van der Waals surface area contributed by atoms with Gasteiger partial charge < -0.3 is 19.7 Å². The van der Waals surface area contributed by atoms with Crippen molar-refractivity contribution in [3.8, 4) is 5.75 Å². The number of hydrogen-bond acceptors (Lipinski definition) is 4. The van der Waals surface area contributed by atoms with E-state index in [1.165, 1.54) is 12.1 Å². The largest absolute Gasteiger partial charge is 0.465 e. The van der Waals surface area contributed by atoms with Crippen molar-refractivity contribution in [3.63, 3.8) is 0 Å². The van der Waals surface area contributed by atoms with Gasteiger partial charge in [0.1, 0.15) is 5.75 Å². The van der Waals surface area contributed by atoms with Gasteiger partial charge in [-0.05, 0) is 25.0 Å². The van der Waals surface area contributed by atoms with Crippen molar-refractivity contribution in [1.29, 1.82) is 0 Å². The fourth-order valence-electron chi connectivity index (χ4n) is 2.63. The average Bonchev–Trinajstić information content (AvgIpc) is 2.49. The molecule has 0 bridgehead atoms. The second-order valence-electron chi connectivity index (χ2n) is 5.15. The summed E-state index contributed by atoms with van der Waals surface area (Å²) in [6.07, 6.45) is 3.28. The minimum Gasteiger partial charge on any atom is -0.465 e. The maximum absolute atomic E-state index is 5.92. The lowest BCUT2D eigenvalue weighted by Crippen LogP contribution is -2.43. The van der Waals surface area contributed by atoms with Crippen LogP contribution < -0.4 is 15.0 Å². The minimum atomic E-state index is -0.0629. The molecule has 1 atom stereocenters. The predicted octanol–water partition coefficient (Wildman–Crippen LogP) is 2.00. The zero-order valence-electron chi connectivity index (χ0n) is 11.3. The van der Waals surface area contributed by atoms with Gasteiger partial charge in [0.25, 0.3) is 0 Å². The number of rotatable bonds is 3. The molecule has 0 aromatic heterocycles. The minimum absolute atomic E-state index is 0.0629. The summed E-state index contributed by atoms with van der Waals surface area (Å²) in [5, 5.41) is 3.37. The molecule has 0 radical (unpaired) electrons. The third-order valence-electron chi connectivity index (χ3n) is 3.71. The van der Waals surface area contributed by atoms with Crippen LogP contribution in [-0.4, -0.2) is 39.1 Å². The summed E-state index contributed by atoms with van der Waals surface area (Å²) in [6, 6.07) is 8.36. The first kappa shape index (κ1) is 12.8. The first-order chi connectivity index (χ1) is 9.42. The van der Waals surface area contributed by atoms with E-state index < -0.39 is 0 Å². The molecule has 0 spiro atoms. The van der Waals surface area contributed by atoms with Crippen LogP contribution in [0.1, 0.15) is 19.3 Å². The second-order valence-corrected chi connectivity index (χ2v) is 5.15. The molecule has 19 heavy (non-hydrogen) atoms. The van der Waals surface area contributed by atoms with Crippen LogP contribution in [0.15, 0.2) is 24.3 Å². The van der Waals surface area contributed by atoms with E-state index in [1.807, 2.05) is 6.07 Å². The fraction of sp³-hybridized carbons (Fsp3) is 0.600. The van der Waals surface area contributed by atoms with E-state index >= 15 is 0 Å². The summed E-state index contributed by atoms with van der Waals surface area (Å²) in [7, 11) is 0. The van der Waals surface area contributed by atoms with Gasteiger partial charge in [-0.2, -0.15) is 0 Å². The summed E-state index contributed by atoms with van der Waals surface area (Å²) in [5.41, 5.74) is 1.25. The maximum Gasteiger partial charge on any atom is 0.199 e. The molecule has 1 aromatic rings. The maximum atomic E-state index is 5.92. The molecule has 0 aliphatic carbocycles. The Labute approximate surface area is 114 Å². The van der Waals surface area contributed by atoms with Crippen molar-refractivity contribution >= 4 is 5.69 Å². The highest BCUT2D eigenvalue weighted by molar-refractivity contribution is 5.51. The number of ether oxygens (including phenoxy) is 2. The van der Waals surface area contributed by atoms with Gasteiger partial charge in [-0.3, -0.25) is 0 Å². The highest BCUT2D eigenvalue weighted by atomic mass is 16.7. The number of nitrogens with zero attached hydrogens (tertiary/aromatic N) is 1. The van der Waals surface area contributed by atoms with E-state index in [0.717, 1.165) is 51.4 Å². The zero-order chi connectivity index (χ0) is 12.9. The van der Waals surface area contributed by atoms with Crippen LogP contribution in [-0.2, 0) is 4.74 Å². The molecule has 0 amide bonds. The monoisotopic (exact) mass is 262 g/mol. The molecule has 104 valence electrons. The molecular weight excluding hydrogens is 240 g/mol. The third kappa shape index (κ3) is 3.39. The number of anilines is 1. The van der Waals surface area contributed by atoms with Gasteiger partial charge in [0, 0.05) is 44.4 Å². The fourth-order valence-corrected chi connectivity index (χ4v) is 2.63. The van der Waals surface area contributed by atoms with E-state index in [4.69, 9.17) is 9.47 Å². The molecule has 4 heteroatoms. The SMILES string of the molecule is c1cc(OC2CCCCO2)cc(N2CCNCC2)c1. The molecule has 1 N–H and O–H groups in total. The molecule has 2 saturated heterocycles. The Bertz CT molecular complexity index is 399. The lowest BCUT2D eigenvalue weighted by molar-refractivity contribution is -0.105. The lowest BCUT2D eigenvalue weighted by atomic mass is 10.2. The van der Waals surface area contributed by atoms with Gasteiger partial charge in [0.15, 0.2) is 6.29 Å². The smallest absolute Gasteiger partial charge is 0.199 e. The second kappa shape index (κ2) is 6.26. The normalized spacial score (nSPS) is 24.2. The van der Waals surface area contributed by atoms with Crippen molar-refractivity contribution in [2.45, 2.75) is 25.6 Å². The summed E-state index contributed by atoms with van der Waals surface area (Å²) in [5.74, 6) is 0.919. The van der Waals surface area contributed by atoms with Crippen molar-refractivity contribution in [3.05, 3.63) is 24.3 Å². The van der Waals surface area contributed by atoms with Gasteiger partial charge in [0.2, 0.25) is 0 Å². The van der Waals surface area contributed by atoms with Gasteiger partial charge in [0.05, 0.1) is 6.61 Å². The van der Waals surface area contributed by atoms with Crippen molar-refractivity contribution in [1.82, 2.24) is 5.32 Å². The Morgan fingerprint density at radius 3 is 2.89 bits per heavy atom. The highest BCUT2D eigenvalue weighted by Gasteiger charge is 2.16. The highest BCUT2D eigenvalue weighted by Crippen LogP contribution is 2.24. The van der Waals surface area contributed by atoms with Crippen LogP contribution >= 0.6 is 0 Å². The molecule has 1 unspecified atom stereocenters. The van der Waals surface area contributed by atoms with E-state index in [2.05, 4.69) is 28.4 Å². The topological polar surface area (TPSA) is 33.7 Å². The summed E-state index contributed by atoms with van der Waals surface area (Å²) < 4.78 is 11.5. The predicted molar refractivity (Wildman–Crippen MR) is 75.7 cm³/mol. The lowest BCUT2D eigenvalue weighted by Gasteiger charge is -2.30. The third-order valence-corrected chi connectivity index (χ3v) is 3.71. The van der Waals surface area contributed by atoms with Crippen LogP contribution in [0.25, 0.3) is 0 Å². The number of benzene rings is 1. The summed E-state index contributed by atoms with van der Waals surface area (Å²) >= 11 is 0. The number of nitrogens with one attached hydrogen (secondary N) is 1. The molecule has 2 aliphatic rings. The Kier molecular flexibility index (Phi) is 4.20. The van der Waals surface area contributed by atoms with E-state index in [-0.39, 0.29) is 6.29 Å². The molecule has 3 rings (SSSR count). The first-order valence-corrected chi connectivity index (χ1v) is 7.26. The molecule has 2 heterocycles. The van der Waals surface area contributed by atoms with Crippen LogP contribution in [0, 0.1) is 0 Å². The molecular formula is C15H22N2O2. The van der Waals surface area contributed by atoms with Gasteiger partial charge in [-0.1, -0.05) is 6.07 Å². The molecule has 2 aliphatic heterocycles. The van der Waals surface area contributed by atoms with Crippen LogP contribution in [0.4, 0.5) is 5.69 Å². The molecule has 4 nitrogen and oxygen atoms in total. The van der Waals surface area contributed by atoms with Crippen molar-refractivity contribution in [2.24, 2.45) is 0 Å². The van der Waals surface area contributed by atoms with Gasteiger partial charge in [-0.15, -0.1) is 0 Å². The quantitative estimate of drug-likeness (QED) is 0.903. The van der Waals surface area contributed by atoms with Gasteiger partial charge in [-0.25, -0.2) is 0 Å². The van der Waals surface area contributed by atoms with E-state index in [1.54, 1.807) is 0 Å². The molecule has 0 saturated carbocycles.